The minimum atomic E-state index is -0.455. The molecule has 0 fully saturated rings. The lowest BCUT2D eigenvalue weighted by molar-refractivity contribution is 0.0950. The Morgan fingerprint density at radius 3 is 2.93 bits per heavy atom. The molecule has 3 N–H and O–H groups in total. The predicted octanol–water partition coefficient (Wildman–Crippen LogP) is 1.67. The number of halogens is 2. The Morgan fingerprint density at radius 1 is 1.67 bits per heavy atom. The van der Waals surface area contributed by atoms with Gasteiger partial charge in [-0.25, -0.2) is 4.39 Å². The second kappa shape index (κ2) is 5.23. The summed E-state index contributed by atoms with van der Waals surface area (Å²) in [4.78, 5) is 11.6. The van der Waals surface area contributed by atoms with E-state index in [1.165, 1.54) is 12.1 Å². The third kappa shape index (κ3) is 3.28. The van der Waals surface area contributed by atoms with E-state index < -0.39 is 5.82 Å². The number of benzene rings is 1. The maximum absolute atomic E-state index is 13.1. The number of amides is 1. The van der Waals surface area contributed by atoms with Crippen LogP contribution in [0.5, 0.6) is 0 Å². The molecule has 0 bridgehead atoms. The van der Waals surface area contributed by atoms with E-state index in [9.17, 15) is 9.18 Å². The SMILES string of the molecule is CC(N)CNC(=O)c1cccc(F)c1Br. The first-order chi connectivity index (χ1) is 7.02. The van der Waals surface area contributed by atoms with Gasteiger partial charge in [0.1, 0.15) is 5.82 Å². The molecule has 0 aliphatic rings. The summed E-state index contributed by atoms with van der Waals surface area (Å²) >= 11 is 3.02. The fraction of sp³-hybridized carbons (Fsp3) is 0.300. The van der Waals surface area contributed by atoms with Crippen molar-refractivity contribution in [1.29, 1.82) is 0 Å². The summed E-state index contributed by atoms with van der Waals surface area (Å²) < 4.78 is 13.3. The average molecular weight is 275 g/mol. The Bertz CT molecular complexity index is 368. The van der Waals surface area contributed by atoms with E-state index in [0.717, 1.165) is 0 Å². The zero-order valence-corrected chi connectivity index (χ0v) is 9.84. The summed E-state index contributed by atoms with van der Waals surface area (Å²) in [5.41, 5.74) is 5.76. The molecular weight excluding hydrogens is 263 g/mol. The first-order valence-electron chi connectivity index (χ1n) is 4.50. The van der Waals surface area contributed by atoms with E-state index in [1.54, 1.807) is 13.0 Å². The summed E-state index contributed by atoms with van der Waals surface area (Å²) in [5.74, 6) is -0.790. The van der Waals surface area contributed by atoms with E-state index in [1.807, 2.05) is 0 Å². The van der Waals surface area contributed by atoms with Crippen molar-refractivity contribution in [3.05, 3.63) is 34.1 Å². The van der Waals surface area contributed by atoms with Gasteiger partial charge in [-0.05, 0) is 35.0 Å². The van der Waals surface area contributed by atoms with Crippen LogP contribution in [0.2, 0.25) is 0 Å². The molecule has 0 saturated carbocycles. The predicted molar refractivity (Wildman–Crippen MR) is 60.1 cm³/mol. The van der Waals surface area contributed by atoms with Crippen molar-refractivity contribution >= 4 is 21.8 Å². The summed E-state index contributed by atoms with van der Waals surface area (Å²) in [6.07, 6.45) is 0. The summed E-state index contributed by atoms with van der Waals surface area (Å²) in [7, 11) is 0. The molecule has 0 radical (unpaired) electrons. The fourth-order valence-electron chi connectivity index (χ4n) is 1.03. The number of nitrogens with one attached hydrogen (secondary N) is 1. The van der Waals surface area contributed by atoms with Gasteiger partial charge >= 0.3 is 0 Å². The molecule has 0 heterocycles. The molecule has 1 rings (SSSR count). The van der Waals surface area contributed by atoms with Crippen LogP contribution in [0, 0.1) is 5.82 Å². The number of nitrogens with two attached hydrogens (primary N) is 1. The quantitative estimate of drug-likeness (QED) is 0.881. The van der Waals surface area contributed by atoms with Gasteiger partial charge in [0.25, 0.3) is 5.91 Å². The van der Waals surface area contributed by atoms with Crippen molar-refractivity contribution in [2.75, 3.05) is 6.54 Å². The van der Waals surface area contributed by atoms with Crippen LogP contribution in [0.4, 0.5) is 4.39 Å². The average Bonchev–Trinajstić information content (AvgIpc) is 2.18. The summed E-state index contributed by atoms with van der Waals surface area (Å²) in [6.45, 7) is 2.14. The van der Waals surface area contributed by atoms with Crippen molar-refractivity contribution < 1.29 is 9.18 Å². The third-order valence-electron chi connectivity index (χ3n) is 1.78. The standard InChI is InChI=1S/C10H12BrFN2O/c1-6(13)5-14-10(15)7-3-2-4-8(12)9(7)11/h2-4,6H,5,13H2,1H3,(H,14,15). The van der Waals surface area contributed by atoms with Crippen molar-refractivity contribution in [2.45, 2.75) is 13.0 Å². The number of carbonyl (C=O) groups excluding carboxylic acids is 1. The van der Waals surface area contributed by atoms with Gasteiger partial charge in [0.15, 0.2) is 0 Å². The van der Waals surface area contributed by atoms with Crippen LogP contribution in [-0.4, -0.2) is 18.5 Å². The van der Waals surface area contributed by atoms with Crippen LogP contribution in [0.1, 0.15) is 17.3 Å². The molecule has 0 aliphatic heterocycles. The number of hydrogen-bond donors (Lipinski definition) is 2. The molecule has 1 amide bonds. The molecule has 3 nitrogen and oxygen atoms in total. The van der Waals surface area contributed by atoms with Gasteiger partial charge < -0.3 is 11.1 Å². The van der Waals surface area contributed by atoms with Crippen LogP contribution < -0.4 is 11.1 Å². The molecule has 0 spiro atoms. The second-order valence-electron chi connectivity index (χ2n) is 3.29. The second-order valence-corrected chi connectivity index (χ2v) is 4.08. The molecule has 15 heavy (non-hydrogen) atoms. The van der Waals surface area contributed by atoms with Crippen molar-refractivity contribution in [1.82, 2.24) is 5.32 Å². The van der Waals surface area contributed by atoms with Gasteiger partial charge in [0, 0.05) is 12.6 Å². The Hall–Kier alpha value is -0.940. The highest BCUT2D eigenvalue weighted by atomic mass is 79.9. The van der Waals surface area contributed by atoms with Crippen molar-refractivity contribution in [3.8, 4) is 0 Å². The monoisotopic (exact) mass is 274 g/mol. The number of rotatable bonds is 3. The van der Waals surface area contributed by atoms with Gasteiger partial charge in [-0.15, -0.1) is 0 Å². The van der Waals surface area contributed by atoms with E-state index in [4.69, 9.17) is 5.73 Å². The molecule has 1 aromatic carbocycles. The van der Waals surface area contributed by atoms with Gasteiger partial charge in [-0.2, -0.15) is 0 Å². The van der Waals surface area contributed by atoms with Crippen molar-refractivity contribution in [3.63, 3.8) is 0 Å². The highest BCUT2D eigenvalue weighted by Crippen LogP contribution is 2.19. The third-order valence-corrected chi connectivity index (χ3v) is 2.59. The topological polar surface area (TPSA) is 55.1 Å². The van der Waals surface area contributed by atoms with Crippen LogP contribution >= 0.6 is 15.9 Å². The summed E-state index contributed by atoms with van der Waals surface area (Å²) in [6, 6.07) is 4.19. The molecule has 1 unspecified atom stereocenters. The first kappa shape index (κ1) is 12.1. The molecule has 82 valence electrons. The zero-order chi connectivity index (χ0) is 11.4. The highest BCUT2D eigenvalue weighted by Gasteiger charge is 2.12. The van der Waals surface area contributed by atoms with Gasteiger partial charge in [-0.1, -0.05) is 6.07 Å². The van der Waals surface area contributed by atoms with Crippen molar-refractivity contribution in [2.24, 2.45) is 5.73 Å². The normalized spacial score (nSPS) is 12.3. The maximum Gasteiger partial charge on any atom is 0.252 e. The van der Waals surface area contributed by atoms with E-state index in [-0.39, 0.29) is 22.0 Å². The number of carbonyl (C=O) groups is 1. The first-order valence-corrected chi connectivity index (χ1v) is 5.29. The minimum Gasteiger partial charge on any atom is -0.350 e. The maximum atomic E-state index is 13.1. The lowest BCUT2D eigenvalue weighted by atomic mass is 10.2. The molecule has 0 aromatic heterocycles. The lowest BCUT2D eigenvalue weighted by Gasteiger charge is -2.09. The molecule has 0 saturated heterocycles. The van der Waals surface area contributed by atoms with E-state index in [0.29, 0.717) is 6.54 Å². The molecule has 1 aromatic rings. The van der Waals surface area contributed by atoms with E-state index >= 15 is 0 Å². The number of hydrogen-bond acceptors (Lipinski definition) is 2. The molecular formula is C10H12BrFN2O. The van der Waals surface area contributed by atoms with Crippen LogP contribution in [0.3, 0.4) is 0 Å². The Labute approximate surface area is 96.0 Å². The molecule has 1 atom stereocenters. The Kier molecular flexibility index (Phi) is 4.23. The zero-order valence-electron chi connectivity index (χ0n) is 8.26. The minimum absolute atomic E-state index is 0.124. The Balaban J connectivity index is 2.78. The molecule has 0 aliphatic carbocycles. The highest BCUT2D eigenvalue weighted by molar-refractivity contribution is 9.10. The van der Waals surface area contributed by atoms with Gasteiger partial charge in [-0.3, -0.25) is 4.79 Å². The largest absolute Gasteiger partial charge is 0.350 e. The smallest absolute Gasteiger partial charge is 0.252 e. The fourth-order valence-corrected chi connectivity index (χ4v) is 1.47. The van der Waals surface area contributed by atoms with Gasteiger partial charge in [0.2, 0.25) is 0 Å². The summed E-state index contributed by atoms with van der Waals surface area (Å²) in [5, 5.41) is 2.61. The van der Waals surface area contributed by atoms with E-state index in [2.05, 4.69) is 21.2 Å². The Morgan fingerprint density at radius 2 is 2.33 bits per heavy atom. The molecule has 5 heteroatoms. The van der Waals surface area contributed by atoms with Gasteiger partial charge in [0.05, 0.1) is 10.0 Å². The van der Waals surface area contributed by atoms with Crippen LogP contribution in [0.15, 0.2) is 22.7 Å². The van der Waals surface area contributed by atoms with Crippen LogP contribution in [0.25, 0.3) is 0 Å². The van der Waals surface area contributed by atoms with Crippen LogP contribution in [-0.2, 0) is 0 Å². The lowest BCUT2D eigenvalue weighted by Crippen LogP contribution is -2.35.